The summed E-state index contributed by atoms with van der Waals surface area (Å²) in [6, 6.07) is 13.7. The fraction of sp³-hybridized carbons (Fsp3) is 0.304. The average molecular weight is 422 g/mol. The number of amides is 2. The largest absolute Gasteiger partial charge is 0.347 e. The van der Waals surface area contributed by atoms with E-state index in [4.69, 9.17) is 0 Å². The molecular formula is C23H23N3O3S. The third-order valence-corrected chi connectivity index (χ3v) is 6.21. The molecule has 0 aliphatic heterocycles. The summed E-state index contributed by atoms with van der Waals surface area (Å²) in [4.78, 5) is 41.9. The van der Waals surface area contributed by atoms with Crippen molar-refractivity contribution in [2.24, 2.45) is 5.41 Å². The van der Waals surface area contributed by atoms with Gasteiger partial charge in [-0.1, -0.05) is 67.6 Å². The monoisotopic (exact) mass is 421 g/mol. The molecule has 0 saturated carbocycles. The SMILES string of the molecule is CC1(C)CC(=O)c2sc(NC(=O)CNC(=O)Cc3cccc4ccccc34)nc2C1. The maximum atomic E-state index is 12.3. The van der Waals surface area contributed by atoms with Crippen LogP contribution >= 0.6 is 11.3 Å². The number of ketones is 1. The van der Waals surface area contributed by atoms with Crippen LogP contribution < -0.4 is 10.6 Å². The van der Waals surface area contributed by atoms with Gasteiger partial charge in [0.05, 0.1) is 23.5 Å². The zero-order chi connectivity index (χ0) is 21.3. The number of nitrogens with one attached hydrogen (secondary N) is 2. The molecule has 0 bridgehead atoms. The zero-order valence-electron chi connectivity index (χ0n) is 17.0. The number of fused-ring (bicyclic) bond motifs is 2. The van der Waals surface area contributed by atoms with E-state index in [9.17, 15) is 14.4 Å². The summed E-state index contributed by atoms with van der Waals surface area (Å²) in [5, 5.41) is 7.86. The lowest BCUT2D eigenvalue weighted by atomic mass is 9.78. The van der Waals surface area contributed by atoms with Crippen LogP contribution in [0, 0.1) is 5.41 Å². The quantitative estimate of drug-likeness (QED) is 0.657. The molecule has 4 rings (SSSR count). The van der Waals surface area contributed by atoms with Crippen molar-refractivity contribution in [3.8, 4) is 0 Å². The number of hydrogen-bond donors (Lipinski definition) is 2. The van der Waals surface area contributed by atoms with Crippen molar-refractivity contribution in [1.29, 1.82) is 0 Å². The number of benzene rings is 2. The summed E-state index contributed by atoms with van der Waals surface area (Å²) in [6.07, 6.45) is 1.39. The van der Waals surface area contributed by atoms with Crippen LogP contribution in [0.15, 0.2) is 42.5 Å². The molecule has 0 saturated heterocycles. The van der Waals surface area contributed by atoms with Crippen molar-refractivity contribution in [2.45, 2.75) is 33.1 Å². The van der Waals surface area contributed by atoms with E-state index in [0.29, 0.717) is 22.9 Å². The molecule has 7 heteroatoms. The predicted octanol–water partition coefficient (Wildman–Crippen LogP) is 3.75. The molecule has 1 heterocycles. The number of thiazole rings is 1. The third-order valence-electron chi connectivity index (χ3n) is 5.16. The number of aromatic nitrogens is 1. The lowest BCUT2D eigenvalue weighted by Gasteiger charge is -2.26. The molecule has 2 aromatic carbocycles. The lowest BCUT2D eigenvalue weighted by molar-refractivity contribution is -0.123. The molecule has 1 aromatic heterocycles. The Bertz CT molecular complexity index is 1140. The number of carbonyl (C=O) groups is 3. The number of rotatable bonds is 5. The van der Waals surface area contributed by atoms with Gasteiger partial charge in [0.15, 0.2) is 10.9 Å². The zero-order valence-corrected chi connectivity index (χ0v) is 17.8. The van der Waals surface area contributed by atoms with Gasteiger partial charge in [-0.3, -0.25) is 14.4 Å². The Labute approximate surface area is 178 Å². The van der Waals surface area contributed by atoms with Gasteiger partial charge in [0.1, 0.15) is 0 Å². The fourth-order valence-corrected chi connectivity index (χ4v) is 4.73. The minimum Gasteiger partial charge on any atom is -0.347 e. The summed E-state index contributed by atoms with van der Waals surface area (Å²) >= 11 is 1.21. The smallest absolute Gasteiger partial charge is 0.245 e. The van der Waals surface area contributed by atoms with Crippen molar-refractivity contribution < 1.29 is 14.4 Å². The molecule has 0 atom stereocenters. The molecule has 154 valence electrons. The van der Waals surface area contributed by atoms with Crippen molar-refractivity contribution in [3.05, 3.63) is 58.6 Å². The first-order chi connectivity index (χ1) is 14.3. The fourth-order valence-electron chi connectivity index (χ4n) is 3.80. The van der Waals surface area contributed by atoms with Crippen LogP contribution in [0.4, 0.5) is 5.13 Å². The summed E-state index contributed by atoms with van der Waals surface area (Å²) in [5.41, 5.74) is 1.55. The first-order valence-electron chi connectivity index (χ1n) is 9.87. The van der Waals surface area contributed by atoms with E-state index in [1.54, 1.807) is 0 Å². The van der Waals surface area contributed by atoms with Crippen LogP contribution in [0.1, 0.15) is 41.2 Å². The van der Waals surface area contributed by atoms with Crippen LogP contribution in [0.5, 0.6) is 0 Å². The summed E-state index contributed by atoms with van der Waals surface area (Å²) in [7, 11) is 0. The molecule has 0 fully saturated rings. The van der Waals surface area contributed by atoms with Crippen molar-refractivity contribution in [1.82, 2.24) is 10.3 Å². The second kappa shape index (κ2) is 7.99. The highest BCUT2D eigenvalue weighted by molar-refractivity contribution is 7.17. The minimum atomic E-state index is -0.362. The number of hydrogen-bond acceptors (Lipinski definition) is 5. The van der Waals surface area contributed by atoms with Crippen LogP contribution in [0.25, 0.3) is 10.8 Å². The maximum Gasteiger partial charge on any atom is 0.245 e. The third kappa shape index (κ3) is 4.41. The van der Waals surface area contributed by atoms with Crippen LogP contribution in [0.3, 0.4) is 0 Å². The summed E-state index contributed by atoms with van der Waals surface area (Å²) in [6.45, 7) is 3.93. The van der Waals surface area contributed by atoms with Gasteiger partial charge >= 0.3 is 0 Å². The Hall–Kier alpha value is -3.06. The molecule has 2 amide bonds. The second-order valence-electron chi connectivity index (χ2n) is 8.38. The topological polar surface area (TPSA) is 88.2 Å². The van der Waals surface area contributed by atoms with E-state index in [0.717, 1.165) is 22.0 Å². The van der Waals surface area contributed by atoms with Crippen LogP contribution in [0.2, 0.25) is 0 Å². The van der Waals surface area contributed by atoms with Crippen molar-refractivity contribution in [3.63, 3.8) is 0 Å². The second-order valence-corrected chi connectivity index (χ2v) is 9.37. The molecule has 1 aliphatic rings. The van der Waals surface area contributed by atoms with Crippen LogP contribution in [-0.2, 0) is 22.4 Å². The van der Waals surface area contributed by atoms with Gasteiger partial charge in [-0.05, 0) is 28.2 Å². The number of anilines is 1. The predicted molar refractivity (Wildman–Crippen MR) is 118 cm³/mol. The first kappa shape index (κ1) is 20.2. The Morgan fingerprint density at radius 3 is 2.67 bits per heavy atom. The Morgan fingerprint density at radius 2 is 1.83 bits per heavy atom. The summed E-state index contributed by atoms with van der Waals surface area (Å²) in [5.74, 6) is -0.515. The van der Waals surface area contributed by atoms with Crippen molar-refractivity contribution in [2.75, 3.05) is 11.9 Å². The lowest BCUT2D eigenvalue weighted by Crippen LogP contribution is -2.33. The molecule has 0 spiro atoms. The van der Waals surface area contributed by atoms with E-state index in [1.807, 2.05) is 56.3 Å². The normalized spacial score (nSPS) is 14.9. The molecule has 6 nitrogen and oxygen atoms in total. The molecular weight excluding hydrogens is 398 g/mol. The highest BCUT2D eigenvalue weighted by Gasteiger charge is 2.34. The molecule has 1 aliphatic carbocycles. The van der Waals surface area contributed by atoms with Gasteiger partial charge in [0.25, 0.3) is 0 Å². The van der Waals surface area contributed by atoms with E-state index < -0.39 is 0 Å². The highest BCUT2D eigenvalue weighted by Crippen LogP contribution is 2.38. The Balaban J connectivity index is 1.34. The molecule has 30 heavy (non-hydrogen) atoms. The molecule has 0 unspecified atom stereocenters. The standard InChI is InChI=1S/C23H23N3O3S/c1-23(2)11-17-21(18(27)12-23)30-22(25-17)26-20(29)13-24-19(28)10-15-8-5-7-14-6-3-4-9-16(14)15/h3-9H,10-13H2,1-2H3,(H,24,28)(H,25,26,29). The van der Waals surface area contributed by atoms with E-state index >= 15 is 0 Å². The first-order valence-corrected chi connectivity index (χ1v) is 10.7. The average Bonchev–Trinajstić information content (AvgIpc) is 3.08. The Kier molecular flexibility index (Phi) is 5.39. The molecule has 0 radical (unpaired) electrons. The van der Waals surface area contributed by atoms with Gasteiger partial charge in [-0.2, -0.15) is 0 Å². The highest BCUT2D eigenvalue weighted by atomic mass is 32.1. The molecule has 3 aromatic rings. The van der Waals surface area contributed by atoms with Crippen molar-refractivity contribution >= 4 is 44.8 Å². The van der Waals surface area contributed by atoms with Gasteiger partial charge in [-0.25, -0.2) is 4.98 Å². The Morgan fingerprint density at radius 1 is 1.07 bits per heavy atom. The van der Waals surface area contributed by atoms with Gasteiger partial charge < -0.3 is 10.6 Å². The van der Waals surface area contributed by atoms with E-state index in [-0.39, 0.29) is 36.0 Å². The van der Waals surface area contributed by atoms with Gasteiger partial charge in [0, 0.05) is 6.42 Å². The van der Waals surface area contributed by atoms with Crippen LogP contribution in [-0.4, -0.2) is 29.1 Å². The maximum absolute atomic E-state index is 12.3. The van der Waals surface area contributed by atoms with Gasteiger partial charge in [-0.15, -0.1) is 0 Å². The summed E-state index contributed by atoms with van der Waals surface area (Å²) < 4.78 is 0. The van der Waals surface area contributed by atoms with Gasteiger partial charge in [0.2, 0.25) is 11.8 Å². The number of Topliss-reactive ketones (excluding diaryl/α,β-unsaturated/α-hetero) is 1. The number of nitrogens with zero attached hydrogens (tertiary/aromatic N) is 1. The minimum absolute atomic E-state index is 0.0719. The van der Waals surface area contributed by atoms with E-state index in [2.05, 4.69) is 15.6 Å². The van der Waals surface area contributed by atoms with E-state index in [1.165, 1.54) is 11.3 Å². The molecule has 2 N–H and O–H groups in total. The number of carbonyl (C=O) groups excluding carboxylic acids is 3.